The van der Waals surface area contributed by atoms with Gasteiger partial charge >= 0.3 is 0 Å². The van der Waals surface area contributed by atoms with Gasteiger partial charge in [-0.1, -0.05) is 67.1 Å². The topological polar surface area (TPSA) is 29.5 Å². The lowest BCUT2D eigenvalue weighted by atomic mass is 9.67. The molecule has 1 saturated heterocycles. The smallest absolute Gasteiger partial charge is 0.222 e. The van der Waals surface area contributed by atoms with Gasteiger partial charge in [0, 0.05) is 31.5 Å². The Labute approximate surface area is 176 Å². The van der Waals surface area contributed by atoms with Crippen LogP contribution in [0.25, 0.3) is 0 Å². The second-order valence-corrected chi connectivity index (χ2v) is 9.09. The van der Waals surface area contributed by atoms with Crippen LogP contribution in [0.2, 0.25) is 0 Å². The van der Waals surface area contributed by atoms with Crippen LogP contribution in [-0.2, 0) is 21.5 Å². The molecule has 0 aliphatic carbocycles. The van der Waals surface area contributed by atoms with Crippen molar-refractivity contribution in [3.8, 4) is 0 Å². The first-order valence-corrected chi connectivity index (χ1v) is 10.9. The second kappa shape index (κ2) is 9.13. The third kappa shape index (κ3) is 5.48. The van der Waals surface area contributed by atoms with Gasteiger partial charge in [-0.15, -0.1) is 0 Å². The Morgan fingerprint density at radius 2 is 1.76 bits per heavy atom. The summed E-state index contributed by atoms with van der Waals surface area (Å²) < 4.78 is 6.06. The van der Waals surface area contributed by atoms with Crippen molar-refractivity contribution in [2.75, 3.05) is 13.2 Å². The van der Waals surface area contributed by atoms with Crippen molar-refractivity contribution in [2.45, 2.75) is 70.9 Å². The molecule has 1 amide bonds. The van der Waals surface area contributed by atoms with Crippen LogP contribution < -0.4 is 0 Å². The van der Waals surface area contributed by atoms with Crippen molar-refractivity contribution in [2.24, 2.45) is 0 Å². The van der Waals surface area contributed by atoms with Crippen LogP contribution in [0.3, 0.4) is 0 Å². The molecule has 0 spiro atoms. The average molecular weight is 394 g/mol. The van der Waals surface area contributed by atoms with Gasteiger partial charge in [0.2, 0.25) is 5.91 Å². The zero-order chi connectivity index (χ0) is 20.9. The fourth-order valence-corrected chi connectivity index (χ4v) is 4.66. The summed E-state index contributed by atoms with van der Waals surface area (Å²) in [4.78, 5) is 14.7. The monoisotopic (exact) mass is 393 g/mol. The van der Waals surface area contributed by atoms with Crippen molar-refractivity contribution >= 4 is 5.91 Å². The van der Waals surface area contributed by atoms with Gasteiger partial charge < -0.3 is 9.64 Å². The molecule has 3 heteroatoms. The summed E-state index contributed by atoms with van der Waals surface area (Å²) in [5.41, 5.74) is 3.73. The molecule has 1 unspecified atom stereocenters. The maximum absolute atomic E-state index is 12.7. The van der Waals surface area contributed by atoms with Crippen molar-refractivity contribution in [1.29, 1.82) is 0 Å². The van der Waals surface area contributed by atoms with E-state index in [0.29, 0.717) is 13.0 Å². The predicted octanol–water partition coefficient (Wildman–Crippen LogP) is 5.65. The molecule has 1 heterocycles. The molecule has 0 N–H and O–H groups in total. The number of benzene rings is 2. The molecule has 0 saturated carbocycles. The first-order chi connectivity index (χ1) is 13.8. The maximum Gasteiger partial charge on any atom is 0.222 e. The Morgan fingerprint density at radius 1 is 1.07 bits per heavy atom. The molecule has 29 heavy (non-hydrogen) atoms. The van der Waals surface area contributed by atoms with Gasteiger partial charge in [-0.05, 0) is 51.2 Å². The van der Waals surface area contributed by atoms with Gasteiger partial charge in [0.05, 0.1) is 5.60 Å². The van der Waals surface area contributed by atoms with Crippen LogP contribution in [0.1, 0.15) is 63.1 Å². The van der Waals surface area contributed by atoms with E-state index >= 15 is 0 Å². The first-order valence-electron chi connectivity index (χ1n) is 10.9. The summed E-state index contributed by atoms with van der Waals surface area (Å²) in [5, 5.41) is 0. The van der Waals surface area contributed by atoms with Gasteiger partial charge in [-0.2, -0.15) is 0 Å². The van der Waals surface area contributed by atoms with E-state index in [4.69, 9.17) is 4.74 Å². The summed E-state index contributed by atoms with van der Waals surface area (Å²) in [6.07, 6.45) is 3.47. The van der Waals surface area contributed by atoms with E-state index in [1.165, 1.54) is 16.7 Å². The Morgan fingerprint density at radius 3 is 2.38 bits per heavy atom. The average Bonchev–Trinajstić information content (AvgIpc) is 2.71. The van der Waals surface area contributed by atoms with E-state index in [9.17, 15) is 4.79 Å². The highest BCUT2D eigenvalue weighted by Gasteiger charge is 2.42. The number of hydrogen-bond acceptors (Lipinski definition) is 2. The molecule has 156 valence electrons. The highest BCUT2D eigenvalue weighted by molar-refractivity contribution is 5.75. The minimum absolute atomic E-state index is 0.0401. The third-order valence-corrected chi connectivity index (χ3v) is 6.23. The summed E-state index contributed by atoms with van der Waals surface area (Å²) >= 11 is 0. The van der Waals surface area contributed by atoms with E-state index in [1.54, 1.807) is 0 Å². The lowest BCUT2D eigenvalue weighted by Crippen LogP contribution is -2.46. The Kier molecular flexibility index (Phi) is 6.79. The Hall–Kier alpha value is -2.13. The minimum Gasteiger partial charge on any atom is -0.376 e. The van der Waals surface area contributed by atoms with Crippen LogP contribution in [0, 0.1) is 6.92 Å². The molecule has 1 aliphatic rings. The van der Waals surface area contributed by atoms with Crippen LogP contribution in [0.5, 0.6) is 0 Å². The number of amides is 1. The van der Waals surface area contributed by atoms with Crippen molar-refractivity contribution in [3.63, 3.8) is 0 Å². The zero-order valence-electron chi connectivity index (χ0n) is 18.4. The molecule has 3 rings (SSSR count). The van der Waals surface area contributed by atoms with Gasteiger partial charge in [0.1, 0.15) is 0 Å². The summed E-state index contributed by atoms with van der Waals surface area (Å²) in [6, 6.07) is 19.3. The quantitative estimate of drug-likeness (QED) is 0.608. The number of rotatable bonds is 7. The molecule has 0 aromatic heterocycles. The number of nitrogens with zero attached hydrogens (tertiary/aromatic N) is 1. The van der Waals surface area contributed by atoms with E-state index in [-0.39, 0.29) is 16.9 Å². The van der Waals surface area contributed by atoms with Gasteiger partial charge in [-0.3, -0.25) is 4.79 Å². The van der Waals surface area contributed by atoms with E-state index < -0.39 is 0 Å². The Bertz CT molecular complexity index is 797. The van der Waals surface area contributed by atoms with Gasteiger partial charge in [-0.25, -0.2) is 0 Å². The standard InChI is InChI=1S/C26H35NO2/c1-5-24(28)27(19-22-9-7-6-8-10-22)17-15-26(16-18-29-25(3,4)20-26)23-13-11-21(2)12-14-23/h6-14H,5,15-20H2,1-4H3. The highest BCUT2D eigenvalue weighted by Crippen LogP contribution is 2.44. The number of aryl methyl sites for hydroxylation is 1. The van der Waals surface area contributed by atoms with E-state index in [2.05, 4.69) is 57.2 Å². The maximum atomic E-state index is 12.7. The molecule has 1 atom stereocenters. The molecule has 0 bridgehead atoms. The first kappa shape index (κ1) is 21.6. The molecular weight excluding hydrogens is 358 g/mol. The van der Waals surface area contributed by atoms with E-state index in [1.807, 2.05) is 30.0 Å². The Balaban J connectivity index is 1.84. The van der Waals surface area contributed by atoms with Crippen LogP contribution in [0.15, 0.2) is 54.6 Å². The molecule has 0 radical (unpaired) electrons. The van der Waals surface area contributed by atoms with Crippen molar-refractivity contribution < 1.29 is 9.53 Å². The lowest BCUT2D eigenvalue weighted by Gasteiger charge is -2.46. The normalized spacial score (nSPS) is 21.0. The van der Waals surface area contributed by atoms with Gasteiger partial charge in [0.25, 0.3) is 0 Å². The van der Waals surface area contributed by atoms with Crippen molar-refractivity contribution in [3.05, 3.63) is 71.3 Å². The SMILES string of the molecule is CCC(=O)N(CCC1(c2ccc(C)cc2)CCOC(C)(C)C1)Cc1ccccc1. The number of hydrogen-bond donors (Lipinski definition) is 0. The molecule has 3 nitrogen and oxygen atoms in total. The molecular formula is C26H35NO2. The fourth-order valence-electron chi connectivity index (χ4n) is 4.66. The van der Waals surface area contributed by atoms with Crippen LogP contribution in [-0.4, -0.2) is 29.6 Å². The third-order valence-electron chi connectivity index (χ3n) is 6.23. The summed E-state index contributed by atoms with van der Waals surface area (Å²) in [6.45, 7) is 10.7. The number of ether oxygens (including phenoxy) is 1. The van der Waals surface area contributed by atoms with Crippen LogP contribution >= 0.6 is 0 Å². The minimum atomic E-state index is -0.151. The summed E-state index contributed by atoms with van der Waals surface area (Å²) in [5.74, 6) is 0.222. The van der Waals surface area contributed by atoms with Crippen LogP contribution in [0.4, 0.5) is 0 Å². The lowest BCUT2D eigenvalue weighted by molar-refractivity contribution is -0.132. The van der Waals surface area contributed by atoms with E-state index in [0.717, 1.165) is 32.4 Å². The molecule has 1 aliphatic heterocycles. The second-order valence-electron chi connectivity index (χ2n) is 9.09. The number of carbonyl (C=O) groups is 1. The summed E-state index contributed by atoms with van der Waals surface area (Å²) in [7, 11) is 0. The molecule has 2 aromatic rings. The largest absolute Gasteiger partial charge is 0.376 e. The predicted molar refractivity (Wildman–Crippen MR) is 119 cm³/mol. The molecule has 1 fully saturated rings. The number of carbonyl (C=O) groups excluding carboxylic acids is 1. The highest BCUT2D eigenvalue weighted by atomic mass is 16.5. The van der Waals surface area contributed by atoms with Crippen molar-refractivity contribution in [1.82, 2.24) is 4.90 Å². The molecule has 2 aromatic carbocycles. The fraction of sp³-hybridized carbons (Fsp3) is 0.500. The van der Waals surface area contributed by atoms with Gasteiger partial charge in [0.15, 0.2) is 0 Å². The zero-order valence-corrected chi connectivity index (χ0v) is 18.4.